The zero-order valence-corrected chi connectivity index (χ0v) is 14.4. The van der Waals surface area contributed by atoms with Crippen LogP contribution in [0.4, 0.5) is 5.69 Å². The second-order valence-corrected chi connectivity index (χ2v) is 6.92. The minimum atomic E-state index is -1.09. The van der Waals surface area contributed by atoms with Gasteiger partial charge in [0, 0.05) is 33.8 Å². The van der Waals surface area contributed by atoms with Crippen LogP contribution in [0.25, 0.3) is 0 Å². The van der Waals surface area contributed by atoms with Gasteiger partial charge in [0.1, 0.15) is 6.54 Å². The standard InChI is InChI=1S/C18H19NO4S/c1-12-10-15(13(2)24-12)16(20)8-9-17(21)19(11-18(22)23)14-6-4-3-5-7-14/h3-7,10H,8-9,11H2,1-2H3,(H,22,23). The molecule has 1 aromatic carbocycles. The van der Waals surface area contributed by atoms with Crippen molar-refractivity contribution in [3.63, 3.8) is 0 Å². The van der Waals surface area contributed by atoms with E-state index in [1.807, 2.05) is 19.9 Å². The van der Waals surface area contributed by atoms with Gasteiger partial charge in [-0.2, -0.15) is 0 Å². The Morgan fingerprint density at radius 2 is 1.75 bits per heavy atom. The van der Waals surface area contributed by atoms with Gasteiger partial charge >= 0.3 is 5.97 Å². The summed E-state index contributed by atoms with van der Waals surface area (Å²) in [6.45, 7) is 3.39. The van der Waals surface area contributed by atoms with Crippen molar-refractivity contribution in [3.8, 4) is 0 Å². The third-order valence-corrected chi connectivity index (χ3v) is 4.54. The summed E-state index contributed by atoms with van der Waals surface area (Å²) in [5.74, 6) is -1.56. The number of carboxylic acids is 1. The number of aryl methyl sites for hydroxylation is 2. The third kappa shape index (κ3) is 4.52. The number of amides is 1. The first-order valence-electron chi connectivity index (χ1n) is 7.56. The summed E-state index contributed by atoms with van der Waals surface area (Å²) in [6, 6.07) is 10.4. The van der Waals surface area contributed by atoms with Gasteiger partial charge in [0.2, 0.25) is 5.91 Å². The van der Waals surface area contributed by atoms with Crippen LogP contribution < -0.4 is 4.90 Å². The predicted octanol–water partition coefficient (Wildman–Crippen LogP) is 3.45. The highest BCUT2D eigenvalue weighted by Gasteiger charge is 2.20. The van der Waals surface area contributed by atoms with E-state index in [9.17, 15) is 14.4 Å². The fourth-order valence-electron chi connectivity index (χ4n) is 2.46. The molecule has 0 radical (unpaired) electrons. The van der Waals surface area contributed by atoms with Crippen LogP contribution >= 0.6 is 11.3 Å². The van der Waals surface area contributed by atoms with Gasteiger partial charge in [0.25, 0.3) is 0 Å². The number of carboxylic acid groups (broad SMARTS) is 1. The Kier molecular flexibility index (Phi) is 5.87. The monoisotopic (exact) mass is 345 g/mol. The van der Waals surface area contributed by atoms with Crippen molar-refractivity contribution in [2.75, 3.05) is 11.4 Å². The summed E-state index contributed by atoms with van der Waals surface area (Å²) >= 11 is 1.55. The van der Waals surface area contributed by atoms with Gasteiger partial charge in [-0.3, -0.25) is 14.4 Å². The van der Waals surface area contributed by atoms with Crippen molar-refractivity contribution < 1.29 is 19.5 Å². The van der Waals surface area contributed by atoms with Gasteiger partial charge in [-0.15, -0.1) is 11.3 Å². The molecule has 0 unspecified atom stereocenters. The molecule has 0 fully saturated rings. The molecule has 0 atom stereocenters. The maximum absolute atomic E-state index is 12.4. The summed E-state index contributed by atoms with van der Waals surface area (Å²) < 4.78 is 0. The largest absolute Gasteiger partial charge is 0.480 e. The number of carbonyl (C=O) groups is 3. The molecule has 1 heterocycles. The number of carbonyl (C=O) groups excluding carboxylic acids is 2. The average molecular weight is 345 g/mol. The first kappa shape index (κ1) is 17.9. The summed E-state index contributed by atoms with van der Waals surface area (Å²) in [4.78, 5) is 38.9. The number of nitrogens with zero attached hydrogens (tertiary/aromatic N) is 1. The van der Waals surface area contributed by atoms with Crippen molar-refractivity contribution in [2.24, 2.45) is 0 Å². The van der Waals surface area contributed by atoms with Crippen LogP contribution in [-0.2, 0) is 9.59 Å². The lowest BCUT2D eigenvalue weighted by atomic mass is 10.1. The molecule has 24 heavy (non-hydrogen) atoms. The molecule has 2 rings (SSSR count). The molecule has 126 valence electrons. The number of benzene rings is 1. The minimum Gasteiger partial charge on any atom is -0.480 e. The predicted molar refractivity (Wildman–Crippen MR) is 93.8 cm³/mol. The lowest BCUT2D eigenvalue weighted by molar-refractivity contribution is -0.136. The Morgan fingerprint density at radius 1 is 1.08 bits per heavy atom. The van der Waals surface area contributed by atoms with E-state index in [0.717, 1.165) is 9.75 Å². The van der Waals surface area contributed by atoms with E-state index in [1.54, 1.807) is 41.7 Å². The number of para-hydroxylation sites is 1. The SMILES string of the molecule is Cc1cc(C(=O)CCC(=O)N(CC(=O)O)c2ccccc2)c(C)s1. The molecular formula is C18H19NO4S. The summed E-state index contributed by atoms with van der Waals surface area (Å²) in [5.41, 5.74) is 1.16. The molecule has 6 heteroatoms. The first-order valence-corrected chi connectivity index (χ1v) is 8.37. The normalized spacial score (nSPS) is 10.4. The summed E-state index contributed by atoms with van der Waals surface area (Å²) in [7, 11) is 0. The van der Waals surface area contributed by atoms with Crippen molar-refractivity contribution in [3.05, 3.63) is 51.7 Å². The van der Waals surface area contributed by atoms with E-state index < -0.39 is 12.5 Å². The zero-order chi connectivity index (χ0) is 17.7. The molecule has 0 aliphatic carbocycles. The highest BCUT2D eigenvalue weighted by Crippen LogP contribution is 2.23. The fraction of sp³-hybridized carbons (Fsp3) is 0.278. The maximum atomic E-state index is 12.4. The second kappa shape index (κ2) is 7.88. The third-order valence-electron chi connectivity index (χ3n) is 3.57. The molecule has 1 N–H and O–H groups in total. The molecule has 5 nitrogen and oxygen atoms in total. The summed E-state index contributed by atoms with van der Waals surface area (Å²) in [5, 5.41) is 9.03. The van der Waals surface area contributed by atoms with Crippen molar-refractivity contribution in [1.29, 1.82) is 0 Å². The number of anilines is 1. The van der Waals surface area contributed by atoms with Gasteiger partial charge in [-0.05, 0) is 32.0 Å². The number of ketones is 1. The Labute approximate surface area is 144 Å². The molecule has 1 amide bonds. The van der Waals surface area contributed by atoms with Gasteiger partial charge in [-0.1, -0.05) is 18.2 Å². The van der Waals surface area contributed by atoms with Crippen LogP contribution in [0.1, 0.15) is 33.0 Å². The van der Waals surface area contributed by atoms with E-state index in [4.69, 9.17) is 5.11 Å². The van der Waals surface area contributed by atoms with E-state index in [1.165, 1.54) is 4.90 Å². The number of aliphatic carboxylic acids is 1. The number of rotatable bonds is 7. The number of hydrogen-bond acceptors (Lipinski definition) is 4. The number of Topliss-reactive ketones (excluding diaryl/α,β-unsaturated/α-hetero) is 1. The Morgan fingerprint density at radius 3 is 2.29 bits per heavy atom. The topological polar surface area (TPSA) is 74.7 Å². The Hall–Kier alpha value is -2.47. The van der Waals surface area contributed by atoms with Crippen molar-refractivity contribution >= 4 is 34.7 Å². The Balaban J connectivity index is 2.06. The first-order chi connectivity index (χ1) is 11.4. The average Bonchev–Trinajstić information content (AvgIpc) is 2.89. The molecule has 0 aliphatic heterocycles. The van der Waals surface area contributed by atoms with E-state index in [2.05, 4.69) is 0 Å². The fourth-order valence-corrected chi connectivity index (χ4v) is 3.41. The summed E-state index contributed by atoms with van der Waals surface area (Å²) in [6.07, 6.45) is 0.0497. The van der Waals surface area contributed by atoms with E-state index in [-0.39, 0.29) is 24.5 Å². The Bertz CT molecular complexity index is 752. The quantitative estimate of drug-likeness (QED) is 0.780. The molecule has 2 aromatic rings. The molecular weight excluding hydrogens is 326 g/mol. The van der Waals surface area contributed by atoms with Crippen LogP contribution in [0.5, 0.6) is 0 Å². The van der Waals surface area contributed by atoms with Crippen molar-refractivity contribution in [1.82, 2.24) is 0 Å². The minimum absolute atomic E-state index is 0.0185. The smallest absolute Gasteiger partial charge is 0.323 e. The van der Waals surface area contributed by atoms with Crippen LogP contribution in [0, 0.1) is 13.8 Å². The zero-order valence-electron chi connectivity index (χ0n) is 13.6. The van der Waals surface area contributed by atoms with Gasteiger partial charge in [-0.25, -0.2) is 0 Å². The highest BCUT2D eigenvalue weighted by molar-refractivity contribution is 7.12. The number of hydrogen-bond donors (Lipinski definition) is 1. The van der Waals surface area contributed by atoms with Crippen LogP contribution in [-0.4, -0.2) is 29.3 Å². The van der Waals surface area contributed by atoms with Crippen molar-refractivity contribution in [2.45, 2.75) is 26.7 Å². The van der Waals surface area contributed by atoms with E-state index >= 15 is 0 Å². The maximum Gasteiger partial charge on any atom is 0.323 e. The molecule has 0 aliphatic rings. The molecule has 0 saturated heterocycles. The lowest BCUT2D eigenvalue weighted by Gasteiger charge is -2.20. The van der Waals surface area contributed by atoms with Crippen LogP contribution in [0.2, 0.25) is 0 Å². The van der Waals surface area contributed by atoms with Gasteiger partial charge in [0.05, 0.1) is 0 Å². The van der Waals surface area contributed by atoms with Gasteiger partial charge < -0.3 is 10.0 Å². The lowest BCUT2D eigenvalue weighted by Crippen LogP contribution is -2.35. The van der Waals surface area contributed by atoms with Gasteiger partial charge in [0.15, 0.2) is 5.78 Å². The molecule has 0 bridgehead atoms. The van der Waals surface area contributed by atoms with E-state index in [0.29, 0.717) is 11.3 Å². The molecule has 0 saturated carbocycles. The highest BCUT2D eigenvalue weighted by atomic mass is 32.1. The molecule has 1 aromatic heterocycles. The number of thiophene rings is 1. The molecule has 0 spiro atoms. The van der Waals surface area contributed by atoms with Crippen LogP contribution in [0.3, 0.4) is 0 Å². The van der Waals surface area contributed by atoms with Crippen LogP contribution in [0.15, 0.2) is 36.4 Å². The second-order valence-electron chi connectivity index (χ2n) is 5.46.